The van der Waals surface area contributed by atoms with Gasteiger partial charge in [-0.2, -0.15) is 5.10 Å². The molecule has 19 heavy (non-hydrogen) atoms. The van der Waals surface area contributed by atoms with Gasteiger partial charge in [-0.25, -0.2) is 0 Å². The average molecular weight is 259 g/mol. The largest absolute Gasteiger partial charge is 0.383 e. The monoisotopic (exact) mass is 259 g/mol. The zero-order valence-electron chi connectivity index (χ0n) is 11.5. The molecule has 1 aromatic carbocycles. The molecule has 2 rings (SSSR count). The quantitative estimate of drug-likeness (QED) is 0.831. The van der Waals surface area contributed by atoms with Crippen LogP contribution in [0.3, 0.4) is 0 Å². The van der Waals surface area contributed by atoms with Crippen LogP contribution in [0.4, 0.5) is 5.69 Å². The highest BCUT2D eigenvalue weighted by atomic mass is 16.5. The molecule has 2 aromatic rings. The number of methoxy groups -OCH3 is 1. The minimum Gasteiger partial charge on any atom is -0.383 e. The van der Waals surface area contributed by atoms with Crippen molar-refractivity contribution in [2.45, 2.75) is 25.9 Å². The molecule has 1 aromatic heterocycles. The highest BCUT2D eigenvalue weighted by Crippen LogP contribution is 2.10. The first kappa shape index (κ1) is 13.6. The molecule has 0 radical (unpaired) electrons. The predicted octanol–water partition coefficient (Wildman–Crippen LogP) is 2.77. The summed E-state index contributed by atoms with van der Waals surface area (Å²) in [4.78, 5) is 0. The lowest BCUT2D eigenvalue weighted by Crippen LogP contribution is -2.23. The fourth-order valence-electron chi connectivity index (χ4n) is 1.99. The third-order valence-electron chi connectivity index (χ3n) is 3.05. The highest BCUT2D eigenvalue weighted by molar-refractivity contribution is 5.39. The summed E-state index contributed by atoms with van der Waals surface area (Å²) in [5.74, 6) is 0. The molecule has 1 heterocycles. The van der Waals surface area contributed by atoms with Crippen LogP contribution in [0.15, 0.2) is 42.7 Å². The molecular weight excluding hydrogens is 238 g/mol. The third kappa shape index (κ3) is 4.10. The van der Waals surface area contributed by atoms with Crippen molar-refractivity contribution in [2.75, 3.05) is 19.0 Å². The van der Waals surface area contributed by atoms with Crippen molar-refractivity contribution < 1.29 is 4.74 Å². The summed E-state index contributed by atoms with van der Waals surface area (Å²) < 4.78 is 7.12. The summed E-state index contributed by atoms with van der Waals surface area (Å²) in [6.07, 6.45) is 4.92. The van der Waals surface area contributed by atoms with Crippen molar-refractivity contribution in [3.63, 3.8) is 0 Å². The van der Waals surface area contributed by atoms with Crippen molar-refractivity contribution in [1.82, 2.24) is 9.78 Å². The van der Waals surface area contributed by atoms with Crippen molar-refractivity contribution in [3.8, 4) is 0 Å². The molecule has 0 spiro atoms. The molecule has 0 aliphatic heterocycles. The number of hydrogen-bond acceptors (Lipinski definition) is 3. The van der Waals surface area contributed by atoms with Crippen LogP contribution < -0.4 is 5.32 Å². The Balaban J connectivity index is 1.95. The molecular formula is C15H21N3O. The van der Waals surface area contributed by atoms with E-state index in [1.807, 2.05) is 35.3 Å². The lowest BCUT2D eigenvalue weighted by atomic mass is 10.2. The molecule has 1 atom stereocenters. The van der Waals surface area contributed by atoms with Gasteiger partial charge in [-0.1, -0.05) is 37.3 Å². The zero-order chi connectivity index (χ0) is 13.5. The van der Waals surface area contributed by atoms with Gasteiger partial charge in [0.25, 0.3) is 0 Å². The summed E-state index contributed by atoms with van der Waals surface area (Å²) in [6, 6.07) is 10.7. The summed E-state index contributed by atoms with van der Waals surface area (Å²) >= 11 is 0. The molecule has 4 heteroatoms. The van der Waals surface area contributed by atoms with Gasteiger partial charge < -0.3 is 10.1 Å². The van der Waals surface area contributed by atoms with E-state index >= 15 is 0 Å². The van der Waals surface area contributed by atoms with Gasteiger partial charge in [0.1, 0.15) is 0 Å². The van der Waals surface area contributed by atoms with E-state index in [4.69, 9.17) is 4.74 Å². The smallest absolute Gasteiger partial charge is 0.0729 e. The third-order valence-corrected chi connectivity index (χ3v) is 3.05. The van der Waals surface area contributed by atoms with Gasteiger partial charge in [0.2, 0.25) is 0 Å². The van der Waals surface area contributed by atoms with Crippen LogP contribution >= 0.6 is 0 Å². The van der Waals surface area contributed by atoms with E-state index in [0.29, 0.717) is 12.6 Å². The summed E-state index contributed by atoms with van der Waals surface area (Å²) in [5.41, 5.74) is 2.29. The van der Waals surface area contributed by atoms with Crippen molar-refractivity contribution in [2.24, 2.45) is 0 Å². The Hall–Kier alpha value is -1.81. The van der Waals surface area contributed by atoms with E-state index in [0.717, 1.165) is 18.7 Å². The number of nitrogens with zero attached hydrogens (tertiary/aromatic N) is 2. The predicted molar refractivity (Wildman–Crippen MR) is 77.3 cm³/mol. The van der Waals surface area contributed by atoms with Crippen LogP contribution in [0.2, 0.25) is 0 Å². The van der Waals surface area contributed by atoms with E-state index in [1.54, 1.807) is 7.11 Å². The maximum atomic E-state index is 5.18. The second-order valence-electron chi connectivity index (χ2n) is 4.62. The molecule has 0 saturated heterocycles. The van der Waals surface area contributed by atoms with Crippen molar-refractivity contribution >= 4 is 5.69 Å². The SMILES string of the molecule is CCC(COC)Nc1cnn(Cc2ccccc2)c1. The fraction of sp³-hybridized carbons (Fsp3) is 0.400. The molecule has 0 saturated carbocycles. The van der Waals surface area contributed by atoms with Crippen LogP contribution in [0, 0.1) is 0 Å². The van der Waals surface area contributed by atoms with E-state index in [2.05, 4.69) is 29.5 Å². The molecule has 1 N–H and O–H groups in total. The highest BCUT2D eigenvalue weighted by Gasteiger charge is 2.07. The molecule has 4 nitrogen and oxygen atoms in total. The minimum atomic E-state index is 0.333. The van der Waals surface area contributed by atoms with Gasteiger partial charge in [0, 0.05) is 19.3 Å². The van der Waals surface area contributed by atoms with Gasteiger partial charge >= 0.3 is 0 Å². The number of benzene rings is 1. The van der Waals surface area contributed by atoms with E-state index in [1.165, 1.54) is 5.56 Å². The van der Waals surface area contributed by atoms with Gasteiger partial charge in [-0.15, -0.1) is 0 Å². The number of aromatic nitrogens is 2. The van der Waals surface area contributed by atoms with Gasteiger partial charge in [-0.3, -0.25) is 4.68 Å². The van der Waals surface area contributed by atoms with Crippen LogP contribution in [-0.4, -0.2) is 29.5 Å². The average Bonchev–Trinajstić information content (AvgIpc) is 2.86. The Morgan fingerprint density at radius 1 is 1.32 bits per heavy atom. The molecule has 0 bridgehead atoms. The van der Waals surface area contributed by atoms with Gasteiger partial charge in [0.05, 0.1) is 25.0 Å². The normalized spacial score (nSPS) is 12.3. The first-order valence-electron chi connectivity index (χ1n) is 6.63. The number of ether oxygens (including phenoxy) is 1. The van der Waals surface area contributed by atoms with Crippen molar-refractivity contribution in [3.05, 3.63) is 48.3 Å². The maximum Gasteiger partial charge on any atom is 0.0729 e. The topological polar surface area (TPSA) is 39.1 Å². The summed E-state index contributed by atoms with van der Waals surface area (Å²) in [5, 5.41) is 7.80. The molecule has 0 fully saturated rings. The van der Waals surface area contributed by atoms with E-state index in [-0.39, 0.29) is 0 Å². The minimum absolute atomic E-state index is 0.333. The molecule has 102 valence electrons. The van der Waals surface area contributed by atoms with E-state index < -0.39 is 0 Å². The van der Waals surface area contributed by atoms with E-state index in [9.17, 15) is 0 Å². The standard InChI is InChI=1S/C15H21N3O/c1-3-14(12-19-2)17-15-9-16-18(11-15)10-13-7-5-4-6-8-13/h4-9,11,14,17H,3,10,12H2,1-2H3. The lowest BCUT2D eigenvalue weighted by molar-refractivity contribution is 0.184. The van der Waals surface area contributed by atoms with Crippen molar-refractivity contribution in [1.29, 1.82) is 0 Å². The number of anilines is 1. The Kier molecular flexibility index (Phi) is 4.98. The number of hydrogen-bond donors (Lipinski definition) is 1. The molecule has 0 aliphatic rings. The van der Waals surface area contributed by atoms with Gasteiger partial charge in [0.15, 0.2) is 0 Å². The van der Waals surface area contributed by atoms with Crippen LogP contribution in [0.1, 0.15) is 18.9 Å². The fourth-order valence-corrected chi connectivity index (χ4v) is 1.99. The Morgan fingerprint density at radius 2 is 2.11 bits per heavy atom. The number of nitrogens with one attached hydrogen (secondary N) is 1. The first-order chi connectivity index (χ1) is 9.31. The van der Waals surface area contributed by atoms with Crippen LogP contribution in [0.25, 0.3) is 0 Å². The van der Waals surface area contributed by atoms with Crippen LogP contribution in [-0.2, 0) is 11.3 Å². The Morgan fingerprint density at radius 3 is 2.79 bits per heavy atom. The second-order valence-corrected chi connectivity index (χ2v) is 4.62. The zero-order valence-corrected chi connectivity index (χ0v) is 11.5. The van der Waals surface area contributed by atoms with Gasteiger partial charge in [-0.05, 0) is 12.0 Å². The second kappa shape index (κ2) is 6.95. The maximum absolute atomic E-state index is 5.18. The Bertz CT molecular complexity index is 481. The van der Waals surface area contributed by atoms with Crippen LogP contribution in [0.5, 0.6) is 0 Å². The first-order valence-corrected chi connectivity index (χ1v) is 6.63. The molecule has 0 amide bonds. The summed E-state index contributed by atoms with van der Waals surface area (Å²) in [6.45, 7) is 3.65. The Labute approximate surface area is 114 Å². The summed E-state index contributed by atoms with van der Waals surface area (Å²) in [7, 11) is 1.73. The molecule has 0 aliphatic carbocycles. The number of rotatable bonds is 7. The lowest BCUT2D eigenvalue weighted by Gasteiger charge is -2.15. The molecule has 1 unspecified atom stereocenters.